The van der Waals surface area contributed by atoms with Gasteiger partial charge in [-0.05, 0) is 42.8 Å². The normalized spacial score (nSPS) is 13.9. The van der Waals surface area contributed by atoms with E-state index in [1.54, 1.807) is 12.1 Å². The lowest BCUT2D eigenvalue weighted by molar-refractivity contribution is 0.180. The molecule has 2 aromatic carbocycles. The van der Waals surface area contributed by atoms with E-state index in [1.165, 1.54) is 12.1 Å². The summed E-state index contributed by atoms with van der Waals surface area (Å²) < 4.78 is 19.8. The average molecular weight is 324 g/mol. The van der Waals surface area contributed by atoms with Crippen LogP contribution in [-0.4, -0.2) is 6.04 Å². The number of rotatable bonds is 4. The van der Waals surface area contributed by atoms with Gasteiger partial charge in [0.25, 0.3) is 0 Å². The first-order chi connectivity index (χ1) is 9.06. The lowest BCUT2D eigenvalue weighted by Crippen LogP contribution is -2.29. The summed E-state index contributed by atoms with van der Waals surface area (Å²) in [5, 5.41) is 0. The van der Waals surface area contributed by atoms with Gasteiger partial charge in [-0.2, -0.15) is 0 Å². The first kappa shape index (κ1) is 14.0. The topological polar surface area (TPSA) is 35.2 Å². The SMILES string of the molecule is CC(N)C(Oc1cccc(Br)c1)c1ccc(F)cc1. The van der Waals surface area contributed by atoms with E-state index in [-0.39, 0.29) is 18.0 Å². The summed E-state index contributed by atoms with van der Waals surface area (Å²) in [4.78, 5) is 0. The lowest BCUT2D eigenvalue weighted by Gasteiger charge is -2.23. The van der Waals surface area contributed by atoms with Gasteiger partial charge in [0.15, 0.2) is 0 Å². The molecule has 2 rings (SSSR count). The zero-order chi connectivity index (χ0) is 13.8. The fourth-order valence-electron chi connectivity index (χ4n) is 1.82. The quantitative estimate of drug-likeness (QED) is 0.921. The third-order valence-corrected chi connectivity index (χ3v) is 3.23. The fourth-order valence-corrected chi connectivity index (χ4v) is 2.20. The molecule has 0 radical (unpaired) electrons. The van der Waals surface area contributed by atoms with Crippen molar-refractivity contribution in [3.63, 3.8) is 0 Å². The molecule has 0 saturated heterocycles. The largest absolute Gasteiger partial charge is 0.484 e. The molecule has 0 aliphatic heterocycles. The van der Waals surface area contributed by atoms with E-state index in [0.717, 1.165) is 15.8 Å². The van der Waals surface area contributed by atoms with Crippen LogP contribution in [0.3, 0.4) is 0 Å². The molecule has 2 unspecified atom stereocenters. The van der Waals surface area contributed by atoms with Crippen LogP contribution in [0.1, 0.15) is 18.6 Å². The van der Waals surface area contributed by atoms with Crippen LogP contribution in [0.4, 0.5) is 4.39 Å². The molecule has 0 spiro atoms. The Balaban J connectivity index is 2.23. The molecule has 0 aliphatic carbocycles. The molecule has 0 aromatic heterocycles. The summed E-state index contributed by atoms with van der Waals surface area (Å²) in [5.41, 5.74) is 6.82. The Bertz CT molecular complexity index is 542. The smallest absolute Gasteiger partial charge is 0.138 e. The summed E-state index contributed by atoms with van der Waals surface area (Å²) in [6, 6.07) is 13.6. The van der Waals surface area contributed by atoms with Crippen molar-refractivity contribution < 1.29 is 9.13 Å². The highest BCUT2D eigenvalue weighted by Gasteiger charge is 2.18. The van der Waals surface area contributed by atoms with Crippen LogP contribution in [0.25, 0.3) is 0 Å². The molecule has 0 aliphatic rings. The molecule has 0 amide bonds. The van der Waals surface area contributed by atoms with E-state index in [0.29, 0.717) is 0 Å². The van der Waals surface area contributed by atoms with E-state index < -0.39 is 0 Å². The third-order valence-electron chi connectivity index (χ3n) is 2.74. The number of nitrogens with two attached hydrogens (primary N) is 1. The Morgan fingerprint density at radius 3 is 2.42 bits per heavy atom. The van der Waals surface area contributed by atoms with Gasteiger partial charge in [-0.1, -0.05) is 34.1 Å². The molecule has 0 bridgehead atoms. The summed E-state index contributed by atoms with van der Waals surface area (Å²) in [6.07, 6.45) is -0.310. The number of halogens is 2. The van der Waals surface area contributed by atoms with E-state index >= 15 is 0 Å². The van der Waals surface area contributed by atoms with Crippen molar-refractivity contribution in [1.29, 1.82) is 0 Å². The summed E-state index contributed by atoms with van der Waals surface area (Å²) in [6.45, 7) is 1.87. The second-order valence-corrected chi connectivity index (χ2v) is 5.32. The number of hydrogen-bond donors (Lipinski definition) is 1. The van der Waals surface area contributed by atoms with Gasteiger partial charge in [-0.15, -0.1) is 0 Å². The van der Waals surface area contributed by atoms with Crippen molar-refractivity contribution in [3.05, 3.63) is 64.4 Å². The lowest BCUT2D eigenvalue weighted by atomic mass is 10.0. The van der Waals surface area contributed by atoms with E-state index in [9.17, 15) is 4.39 Å². The van der Waals surface area contributed by atoms with Gasteiger partial charge in [0.1, 0.15) is 17.7 Å². The predicted molar refractivity (Wildman–Crippen MR) is 77.6 cm³/mol. The first-order valence-electron chi connectivity index (χ1n) is 5.99. The maximum Gasteiger partial charge on any atom is 0.138 e. The van der Waals surface area contributed by atoms with E-state index in [4.69, 9.17) is 10.5 Å². The van der Waals surface area contributed by atoms with Crippen molar-refractivity contribution in [2.45, 2.75) is 19.1 Å². The van der Waals surface area contributed by atoms with E-state index in [2.05, 4.69) is 15.9 Å². The minimum Gasteiger partial charge on any atom is -0.484 e. The second-order valence-electron chi connectivity index (χ2n) is 4.41. The zero-order valence-corrected chi connectivity index (χ0v) is 12.1. The molecule has 100 valence electrons. The maximum absolute atomic E-state index is 13.0. The van der Waals surface area contributed by atoms with Gasteiger partial charge in [0.2, 0.25) is 0 Å². The monoisotopic (exact) mass is 323 g/mol. The molecule has 0 heterocycles. The van der Waals surface area contributed by atoms with Crippen LogP contribution in [0.5, 0.6) is 5.75 Å². The number of ether oxygens (including phenoxy) is 1. The van der Waals surface area contributed by atoms with Crippen molar-refractivity contribution >= 4 is 15.9 Å². The fraction of sp³-hybridized carbons (Fsp3) is 0.200. The first-order valence-corrected chi connectivity index (χ1v) is 6.79. The van der Waals surface area contributed by atoms with Gasteiger partial charge in [-0.3, -0.25) is 0 Å². The molecule has 2 atom stereocenters. The van der Waals surface area contributed by atoms with Crippen LogP contribution in [0, 0.1) is 5.82 Å². The van der Waals surface area contributed by atoms with Crippen LogP contribution in [0.2, 0.25) is 0 Å². The highest BCUT2D eigenvalue weighted by Crippen LogP contribution is 2.26. The van der Waals surface area contributed by atoms with Gasteiger partial charge < -0.3 is 10.5 Å². The maximum atomic E-state index is 13.0. The molecular formula is C15H15BrFNO. The Morgan fingerprint density at radius 2 is 1.84 bits per heavy atom. The Kier molecular flexibility index (Phi) is 4.56. The van der Waals surface area contributed by atoms with Crippen LogP contribution in [-0.2, 0) is 0 Å². The van der Waals surface area contributed by atoms with Crippen molar-refractivity contribution in [2.75, 3.05) is 0 Å². The number of benzene rings is 2. The highest BCUT2D eigenvalue weighted by atomic mass is 79.9. The standard InChI is InChI=1S/C15H15BrFNO/c1-10(18)15(11-5-7-13(17)8-6-11)19-14-4-2-3-12(16)9-14/h2-10,15H,18H2,1H3. The zero-order valence-electron chi connectivity index (χ0n) is 10.5. The predicted octanol–water partition coefficient (Wildman–Crippen LogP) is 4.06. The molecule has 2 aromatic rings. The molecule has 19 heavy (non-hydrogen) atoms. The second kappa shape index (κ2) is 6.17. The Morgan fingerprint density at radius 1 is 1.16 bits per heavy atom. The highest BCUT2D eigenvalue weighted by molar-refractivity contribution is 9.10. The molecule has 2 N–H and O–H groups in total. The Labute approximate surface area is 120 Å². The third kappa shape index (κ3) is 3.78. The Hall–Kier alpha value is -1.39. The van der Waals surface area contributed by atoms with Crippen molar-refractivity contribution in [3.8, 4) is 5.75 Å². The minimum atomic E-state index is -0.310. The number of hydrogen-bond acceptors (Lipinski definition) is 2. The van der Waals surface area contributed by atoms with Crippen molar-refractivity contribution in [2.24, 2.45) is 5.73 Å². The molecule has 0 saturated carbocycles. The van der Waals surface area contributed by atoms with Gasteiger partial charge in [0, 0.05) is 10.5 Å². The van der Waals surface area contributed by atoms with Crippen molar-refractivity contribution in [1.82, 2.24) is 0 Å². The molecule has 2 nitrogen and oxygen atoms in total. The summed E-state index contributed by atoms with van der Waals surface area (Å²) >= 11 is 3.39. The summed E-state index contributed by atoms with van der Waals surface area (Å²) in [7, 11) is 0. The minimum absolute atomic E-state index is 0.204. The van der Waals surface area contributed by atoms with Gasteiger partial charge in [0.05, 0.1) is 0 Å². The average Bonchev–Trinajstić information content (AvgIpc) is 2.37. The van der Waals surface area contributed by atoms with Gasteiger partial charge >= 0.3 is 0 Å². The van der Waals surface area contributed by atoms with Crippen LogP contribution < -0.4 is 10.5 Å². The van der Waals surface area contributed by atoms with Crippen LogP contribution in [0.15, 0.2) is 53.0 Å². The molecular weight excluding hydrogens is 309 g/mol. The summed E-state index contributed by atoms with van der Waals surface area (Å²) in [5.74, 6) is 0.454. The molecule has 0 fully saturated rings. The molecule has 4 heteroatoms. The van der Waals surface area contributed by atoms with Crippen LogP contribution >= 0.6 is 15.9 Å². The van der Waals surface area contributed by atoms with Gasteiger partial charge in [-0.25, -0.2) is 4.39 Å². The van der Waals surface area contributed by atoms with E-state index in [1.807, 2.05) is 31.2 Å².